The van der Waals surface area contributed by atoms with E-state index in [-0.39, 0.29) is 19.1 Å². The average molecular weight is 307 g/mol. The minimum atomic E-state index is -0.996. The lowest BCUT2D eigenvalue weighted by Gasteiger charge is -2.20. The molecule has 1 atom stereocenters. The Morgan fingerprint density at radius 3 is 2.55 bits per heavy atom. The van der Waals surface area contributed by atoms with Crippen LogP contribution in [0.4, 0.5) is 0 Å². The Balaban J connectivity index is 2.57. The summed E-state index contributed by atoms with van der Waals surface area (Å²) < 4.78 is 5.59. The monoisotopic (exact) mass is 307 g/mol. The quantitative estimate of drug-likeness (QED) is 0.774. The number of hydrogen-bond acceptors (Lipinski definition) is 3. The molecule has 0 spiro atoms. The van der Waals surface area contributed by atoms with Crippen molar-refractivity contribution in [1.29, 1.82) is 0 Å². The van der Waals surface area contributed by atoms with Crippen LogP contribution in [0, 0.1) is 5.41 Å². The van der Waals surface area contributed by atoms with Crippen LogP contribution in [0.2, 0.25) is 0 Å². The van der Waals surface area contributed by atoms with Crippen molar-refractivity contribution in [2.24, 2.45) is 5.41 Å². The van der Waals surface area contributed by atoms with E-state index in [0.717, 1.165) is 12.0 Å². The van der Waals surface area contributed by atoms with Crippen molar-refractivity contribution in [2.45, 2.75) is 40.0 Å². The van der Waals surface area contributed by atoms with Gasteiger partial charge in [0, 0.05) is 6.54 Å². The number of hydrogen-bond donors (Lipinski definition) is 2. The van der Waals surface area contributed by atoms with Gasteiger partial charge in [0.25, 0.3) is 5.91 Å². The lowest BCUT2D eigenvalue weighted by molar-refractivity contribution is -0.146. The first-order valence-electron chi connectivity index (χ1n) is 7.49. The fourth-order valence-corrected chi connectivity index (χ4v) is 1.83. The number of carboxylic acid groups (broad SMARTS) is 1. The number of carboxylic acids is 1. The SMILES string of the molecule is CCC(C)c1ccccc1OCC(=O)NCC(C)(C)C(=O)O. The second-order valence-corrected chi connectivity index (χ2v) is 6.10. The topological polar surface area (TPSA) is 75.6 Å². The summed E-state index contributed by atoms with van der Waals surface area (Å²) in [6.45, 7) is 7.28. The number of nitrogens with one attached hydrogen (secondary N) is 1. The lowest BCUT2D eigenvalue weighted by Crippen LogP contribution is -2.40. The number of amides is 1. The minimum absolute atomic E-state index is 0.0670. The van der Waals surface area contributed by atoms with Crippen LogP contribution in [-0.4, -0.2) is 30.1 Å². The third-order valence-corrected chi connectivity index (χ3v) is 3.73. The largest absolute Gasteiger partial charge is 0.483 e. The first kappa shape index (κ1) is 18.0. The van der Waals surface area contributed by atoms with E-state index in [4.69, 9.17) is 9.84 Å². The molecule has 5 nitrogen and oxygen atoms in total. The normalized spacial score (nSPS) is 12.5. The molecule has 1 amide bonds. The van der Waals surface area contributed by atoms with E-state index < -0.39 is 11.4 Å². The summed E-state index contributed by atoms with van der Waals surface area (Å²) in [5, 5.41) is 11.6. The molecule has 0 aliphatic rings. The molecule has 1 rings (SSSR count). The molecule has 1 aromatic carbocycles. The predicted molar refractivity (Wildman–Crippen MR) is 85.1 cm³/mol. The van der Waals surface area contributed by atoms with Gasteiger partial charge >= 0.3 is 5.97 Å². The molecule has 0 aliphatic heterocycles. The maximum absolute atomic E-state index is 11.8. The Labute approximate surface area is 131 Å². The van der Waals surface area contributed by atoms with E-state index in [9.17, 15) is 9.59 Å². The number of aliphatic carboxylic acids is 1. The molecule has 1 aromatic rings. The van der Waals surface area contributed by atoms with Gasteiger partial charge in [-0.15, -0.1) is 0 Å². The highest BCUT2D eigenvalue weighted by Gasteiger charge is 2.27. The van der Waals surface area contributed by atoms with Crippen molar-refractivity contribution in [1.82, 2.24) is 5.32 Å². The van der Waals surface area contributed by atoms with E-state index in [0.29, 0.717) is 11.7 Å². The molecular weight excluding hydrogens is 282 g/mol. The second kappa shape index (κ2) is 7.82. The van der Waals surface area contributed by atoms with Gasteiger partial charge in [-0.05, 0) is 37.8 Å². The smallest absolute Gasteiger partial charge is 0.310 e. The van der Waals surface area contributed by atoms with Gasteiger partial charge in [-0.25, -0.2) is 0 Å². The van der Waals surface area contributed by atoms with E-state index in [2.05, 4.69) is 19.2 Å². The Kier molecular flexibility index (Phi) is 6.40. The van der Waals surface area contributed by atoms with Gasteiger partial charge in [-0.2, -0.15) is 0 Å². The van der Waals surface area contributed by atoms with E-state index >= 15 is 0 Å². The predicted octanol–water partition coefficient (Wildman–Crippen LogP) is 2.81. The van der Waals surface area contributed by atoms with Crippen molar-refractivity contribution in [3.05, 3.63) is 29.8 Å². The summed E-state index contributed by atoms with van der Waals surface area (Å²) in [7, 11) is 0. The highest BCUT2D eigenvalue weighted by atomic mass is 16.5. The number of rotatable bonds is 8. The van der Waals surface area contributed by atoms with Crippen molar-refractivity contribution >= 4 is 11.9 Å². The van der Waals surface area contributed by atoms with Crippen LogP contribution < -0.4 is 10.1 Å². The number of benzene rings is 1. The molecule has 1 unspecified atom stereocenters. The number of carbonyl (C=O) groups excluding carboxylic acids is 1. The molecular formula is C17H25NO4. The zero-order chi connectivity index (χ0) is 16.8. The number of carbonyl (C=O) groups is 2. The Bertz CT molecular complexity index is 525. The van der Waals surface area contributed by atoms with Crippen LogP contribution in [-0.2, 0) is 9.59 Å². The van der Waals surface area contributed by atoms with Gasteiger partial charge < -0.3 is 15.2 Å². The number of para-hydroxylation sites is 1. The maximum atomic E-state index is 11.8. The molecule has 0 bridgehead atoms. The summed E-state index contributed by atoms with van der Waals surface area (Å²) in [5.41, 5.74) is 0.0771. The van der Waals surface area contributed by atoms with Gasteiger partial charge in [0.1, 0.15) is 5.75 Å². The summed E-state index contributed by atoms with van der Waals surface area (Å²) >= 11 is 0. The van der Waals surface area contributed by atoms with Crippen molar-refractivity contribution < 1.29 is 19.4 Å². The average Bonchev–Trinajstić information content (AvgIpc) is 2.50. The third-order valence-electron chi connectivity index (χ3n) is 3.73. The summed E-state index contributed by atoms with van der Waals surface area (Å²) in [5.74, 6) is -0.223. The molecule has 2 N–H and O–H groups in total. The number of ether oxygens (including phenoxy) is 1. The highest BCUT2D eigenvalue weighted by molar-refractivity contribution is 5.79. The van der Waals surface area contributed by atoms with Crippen LogP contribution in [0.5, 0.6) is 5.75 Å². The minimum Gasteiger partial charge on any atom is -0.483 e. The zero-order valence-corrected chi connectivity index (χ0v) is 13.7. The van der Waals surface area contributed by atoms with Crippen LogP contribution in [0.3, 0.4) is 0 Å². The molecule has 0 fully saturated rings. The summed E-state index contributed by atoms with van der Waals surface area (Å²) in [6, 6.07) is 7.65. The van der Waals surface area contributed by atoms with Crippen LogP contribution >= 0.6 is 0 Å². The van der Waals surface area contributed by atoms with Crippen molar-refractivity contribution in [3.63, 3.8) is 0 Å². The second-order valence-electron chi connectivity index (χ2n) is 6.10. The van der Waals surface area contributed by atoms with Gasteiger partial charge in [-0.1, -0.05) is 32.0 Å². The fraction of sp³-hybridized carbons (Fsp3) is 0.529. The van der Waals surface area contributed by atoms with Crippen LogP contribution in [0.1, 0.15) is 45.6 Å². The molecule has 5 heteroatoms. The van der Waals surface area contributed by atoms with Gasteiger partial charge in [0.2, 0.25) is 0 Å². The molecule has 0 aliphatic carbocycles. The van der Waals surface area contributed by atoms with E-state index in [1.165, 1.54) is 0 Å². The van der Waals surface area contributed by atoms with E-state index in [1.807, 2.05) is 24.3 Å². The van der Waals surface area contributed by atoms with Crippen molar-refractivity contribution in [3.8, 4) is 5.75 Å². The molecule has 0 radical (unpaired) electrons. The maximum Gasteiger partial charge on any atom is 0.310 e. The zero-order valence-electron chi connectivity index (χ0n) is 13.7. The molecule has 0 aromatic heterocycles. The summed E-state index contributed by atoms with van der Waals surface area (Å²) in [4.78, 5) is 22.8. The summed E-state index contributed by atoms with van der Waals surface area (Å²) in [6.07, 6.45) is 0.985. The Morgan fingerprint density at radius 1 is 1.32 bits per heavy atom. The van der Waals surface area contributed by atoms with Gasteiger partial charge in [0.15, 0.2) is 6.61 Å². The Morgan fingerprint density at radius 2 is 1.95 bits per heavy atom. The molecule has 0 heterocycles. The van der Waals surface area contributed by atoms with Crippen LogP contribution in [0.15, 0.2) is 24.3 Å². The van der Waals surface area contributed by atoms with Crippen molar-refractivity contribution in [2.75, 3.05) is 13.2 Å². The Hall–Kier alpha value is -2.04. The van der Waals surface area contributed by atoms with Gasteiger partial charge in [0.05, 0.1) is 5.41 Å². The first-order valence-corrected chi connectivity index (χ1v) is 7.49. The molecule has 22 heavy (non-hydrogen) atoms. The van der Waals surface area contributed by atoms with Gasteiger partial charge in [-0.3, -0.25) is 9.59 Å². The van der Waals surface area contributed by atoms with Crippen LogP contribution in [0.25, 0.3) is 0 Å². The van der Waals surface area contributed by atoms with E-state index in [1.54, 1.807) is 13.8 Å². The third kappa shape index (κ3) is 5.06. The molecule has 0 saturated carbocycles. The fourth-order valence-electron chi connectivity index (χ4n) is 1.83. The first-order chi connectivity index (χ1) is 10.3. The standard InChI is InChI=1S/C17H25NO4/c1-5-12(2)13-8-6-7-9-14(13)22-10-15(19)18-11-17(3,4)16(20)21/h6-9,12H,5,10-11H2,1-4H3,(H,18,19)(H,20,21). The molecule has 122 valence electrons. The highest BCUT2D eigenvalue weighted by Crippen LogP contribution is 2.28. The lowest BCUT2D eigenvalue weighted by atomic mass is 9.94. The molecule has 0 saturated heterocycles.